The van der Waals surface area contributed by atoms with Crippen LogP contribution in [0.2, 0.25) is 0 Å². The Kier molecular flexibility index (Phi) is 4.94. The molecule has 5 rings (SSSR count). The Bertz CT molecular complexity index is 827. The molecule has 5 aliphatic rings. The van der Waals surface area contributed by atoms with E-state index in [1.54, 1.807) is 0 Å². The fourth-order valence-corrected chi connectivity index (χ4v) is 11.6. The van der Waals surface area contributed by atoms with Crippen LogP contribution in [0.15, 0.2) is 12.2 Å². The van der Waals surface area contributed by atoms with Gasteiger partial charge in [-0.15, -0.1) is 0 Å². The second-order valence-electron chi connectivity index (χ2n) is 14.5. The number of carboxylic acid groups (broad SMARTS) is 1. The van der Waals surface area contributed by atoms with Crippen LogP contribution < -0.4 is 0 Å². The molecule has 0 unspecified atom stereocenters. The van der Waals surface area contributed by atoms with Crippen molar-refractivity contribution in [3.8, 4) is 0 Å². The van der Waals surface area contributed by atoms with E-state index in [2.05, 4.69) is 48.1 Å². The minimum Gasteiger partial charge on any atom is -0.481 e. The van der Waals surface area contributed by atoms with Crippen molar-refractivity contribution < 1.29 is 9.90 Å². The molecule has 32 heavy (non-hydrogen) atoms. The molecule has 0 saturated heterocycles. The van der Waals surface area contributed by atoms with Crippen molar-refractivity contribution in [2.24, 2.45) is 56.7 Å². The summed E-state index contributed by atoms with van der Waals surface area (Å²) in [5.74, 6) is 2.36. The van der Waals surface area contributed by atoms with Crippen molar-refractivity contribution >= 4 is 5.97 Å². The average molecular weight is 441 g/mol. The van der Waals surface area contributed by atoms with Crippen LogP contribution in [0.5, 0.6) is 0 Å². The average Bonchev–Trinajstić information content (AvgIpc) is 3.09. The van der Waals surface area contributed by atoms with E-state index in [0.29, 0.717) is 34.0 Å². The normalized spacial score (nSPS) is 54.0. The Morgan fingerprint density at radius 1 is 0.812 bits per heavy atom. The van der Waals surface area contributed by atoms with E-state index >= 15 is 0 Å². The molecule has 5 aliphatic carbocycles. The zero-order chi connectivity index (χ0) is 23.3. The molecule has 0 aromatic rings. The van der Waals surface area contributed by atoms with Gasteiger partial charge in [0, 0.05) is 0 Å². The van der Waals surface area contributed by atoms with Gasteiger partial charge < -0.3 is 5.11 Å². The number of aliphatic carboxylic acids is 1. The highest BCUT2D eigenvalue weighted by molar-refractivity contribution is 5.76. The number of hydrogen-bond acceptors (Lipinski definition) is 1. The number of rotatable bonds is 2. The summed E-state index contributed by atoms with van der Waals surface area (Å²) in [6, 6.07) is 0. The van der Waals surface area contributed by atoms with Gasteiger partial charge in [0.05, 0.1) is 5.41 Å². The van der Waals surface area contributed by atoms with Gasteiger partial charge in [0.2, 0.25) is 0 Å². The first-order valence-corrected chi connectivity index (χ1v) is 13.7. The topological polar surface area (TPSA) is 37.3 Å². The second-order valence-corrected chi connectivity index (χ2v) is 14.5. The summed E-state index contributed by atoms with van der Waals surface area (Å²) in [5, 5.41) is 10.5. The van der Waals surface area contributed by atoms with Gasteiger partial charge in [0.15, 0.2) is 0 Å². The molecule has 0 aliphatic heterocycles. The lowest BCUT2D eigenvalue weighted by Crippen LogP contribution is -2.66. The molecule has 0 bridgehead atoms. The quantitative estimate of drug-likeness (QED) is 0.440. The molecule has 0 radical (unpaired) electrons. The number of carbonyl (C=O) groups is 1. The first kappa shape index (κ1) is 23.0. The molecule has 0 amide bonds. The van der Waals surface area contributed by atoms with Crippen LogP contribution in [0, 0.1) is 56.7 Å². The summed E-state index contributed by atoms with van der Waals surface area (Å²) in [7, 11) is 0. The molecule has 180 valence electrons. The highest BCUT2D eigenvalue weighted by Gasteiger charge is 2.71. The lowest BCUT2D eigenvalue weighted by atomic mass is 9.32. The number of carboxylic acids is 1. The van der Waals surface area contributed by atoms with Gasteiger partial charge in [-0.3, -0.25) is 4.79 Å². The van der Waals surface area contributed by atoms with Crippen LogP contribution in [0.3, 0.4) is 0 Å². The van der Waals surface area contributed by atoms with Crippen molar-refractivity contribution in [3.05, 3.63) is 12.2 Å². The van der Waals surface area contributed by atoms with E-state index in [4.69, 9.17) is 0 Å². The van der Waals surface area contributed by atoms with Gasteiger partial charge in [-0.1, -0.05) is 53.2 Å². The molecule has 2 nitrogen and oxygen atoms in total. The fourth-order valence-electron chi connectivity index (χ4n) is 11.6. The maximum Gasteiger partial charge on any atom is 0.309 e. The molecule has 5 saturated carbocycles. The molecule has 0 spiro atoms. The fraction of sp³-hybridized carbons (Fsp3) is 0.900. The summed E-state index contributed by atoms with van der Waals surface area (Å²) in [6.45, 7) is 19.6. The van der Waals surface area contributed by atoms with Crippen molar-refractivity contribution in [2.45, 2.75) is 112 Å². The van der Waals surface area contributed by atoms with Crippen LogP contribution in [0.25, 0.3) is 0 Å². The molecule has 5 fully saturated rings. The van der Waals surface area contributed by atoms with Crippen LogP contribution in [0.1, 0.15) is 112 Å². The SMILES string of the molecule is C=C(C)[C@@H]1CC[C@]2(C(=O)O)CC[C@]3(C)[C@H](CC[C@@H]4[C@@]5(C)CCCC(C)(C)[C@@H]5CC[C@]43C)[C@@H]12. The number of fused-ring (bicyclic) bond motifs is 7. The Morgan fingerprint density at radius 3 is 2.19 bits per heavy atom. The summed E-state index contributed by atoms with van der Waals surface area (Å²) >= 11 is 0. The third-order valence-corrected chi connectivity index (χ3v) is 13.2. The monoisotopic (exact) mass is 440 g/mol. The summed E-state index contributed by atoms with van der Waals surface area (Å²) in [5.41, 5.74) is 2.25. The Labute approximate surface area is 197 Å². The first-order chi connectivity index (χ1) is 14.8. The predicted molar refractivity (Wildman–Crippen MR) is 131 cm³/mol. The third kappa shape index (κ3) is 2.62. The van der Waals surface area contributed by atoms with Gasteiger partial charge in [0.1, 0.15) is 0 Å². The largest absolute Gasteiger partial charge is 0.481 e. The molecule has 0 aromatic carbocycles. The second kappa shape index (κ2) is 6.88. The molecular weight excluding hydrogens is 392 g/mol. The van der Waals surface area contributed by atoms with Gasteiger partial charge in [-0.2, -0.15) is 0 Å². The van der Waals surface area contributed by atoms with Crippen LogP contribution >= 0.6 is 0 Å². The van der Waals surface area contributed by atoms with Gasteiger partial charge in [0.25, 0.3) is 0 Å². The first-order valence-electron chi connectivity index (χ1n) is 13.7. The van der Waals surface area contributed by atoms with Gasteiger partial charge >= 0.3 is 5.97 Å². The van der Waals surface area contributed by atoms with E-state index in [9.17, 15) is 9.90 Å². The van der Waals surface area contributed by atoms with Crippen LogP contribution in [-0.2, 0) is 4.79 Å². The minimum absolute atomic E-state index is 0.257. The number of allylic oxidation sites excluding steroid dienone is 1. The molecule has 0 heterocycles. The lowest BCUT2D eigenvalue weighted by molar-refractivity contribution is -0.237. The zero-order valence-electron chi connectivity index (χ0n) is 21.7. The molecule has 9 atom stereocenters. The maximum absolute atomic E-state index is 12.7. The molecule has 0 aromatic heterocycles. The molecule has 1 N–H and O–H groups in total. The Morgan fingerprint density at radius 2 is 1.53 bits per heavy atom. The van der Waals surface area contributed by atoms with Crippen LogP contribution in [-0.4, -0.2) is 11.1 Å². The van der Waals surface area contributed by atoms with E-state index in [1.165, 1.54) is 50.5 Å². The van der Waals surface area contributed by atoms with E-state index in [-0.39, 0.29) is 5.41 Å². The predicted octanol–water partition coefficient (Wildman–Crippen LogP) is 8.12. The van der Waals surface area contributed by atoms with Crippen molar-refractivity contribution in [3.63, 3.8) is 0 Å². The van der Waals surface area contributed by atoms with Gasteiger partial charge in [-0.05, 0) is 122 Å². The highest BCUT2D eigenvalue weighted by Crippen LogP contribution is 2.77. The van der Waals surface area contributed by atoms with Crippen LogP contribution in [0.4, 0.5) is 0 Å². The maximum atomic E-state index is 12.7. The minimum atomic E-state index is -0.509. The summed E-state index contributed by atoms with van der Waals surface area (Å²) in [6.07, 6.45) is 13.3. The molecular formula is C30H48O2. The molecule has 2 heteroatoms. The van der Waals surface area contributed by atoms with Crippen molar-refractivity contribution in [2.75, 3.05) is 0 Å². The zero-order valence-corrected chi connectivity index (χ0v) is 21.7. The highest BCUT2D eigenvalue weighted by atomic mass is 16.4. The smallest absolute Gasteiger partial charge is 0.309 e. The van der Waals surface area contributed by atoms with E-state index < -0.39 is 11.4 Å². The number of hydrogen-bond donors (Lipinski definition) is 1. The van der Waals surface area contributed by atoms with E-state index in [0.717, 1.165) is 37.5 Å². The van der Waals surface area contributed by atoms with Crippen molar-refractivity contribution in [1.29, 1.82) is 0 Å². The van der Waals surface area contributed by atoms with Gasteiger partial charge in [-0.25, -0.2) is 0 Å². The van der Waals surface area contributed by atoms with E-state index in [1.807, 2.05) is 0 Å². The van der Waals surface area contributed by atoms with Crippen molar-refractivity contribution in [1.82, 2.24) is 0 Å². The summed E-state index contributed by atoms with van der Waals surface area (Å²) in [4.78, 5) is 12.7. The standard InChI is InChI=1S/C30H48O2/c1-19(2)20-11-16-30(25(31)32)18-17-28(6)21(24(20)30)9-10-23-27(5)14-8-13-26(3,4)22(27)12-15-29(23,28)7/h20-24H,1,8-18H2,2-7H3,(H,31,32)/t20-,21+,22-,23+,24+,27-,28+,29+,30-/m0/s1. The lowest BCUT2D eigenvalue weighted by Gasteiger charge is -2.72. The summed E-state index contributed by atoms with van der Waals surface area (Å²) < 4.78 is 0. The third-order valence-electron chi connectivity index (χ3n) is 13.2. The Balaban J connectivity index is 1.57. The Hall–Kier alpha value is -0.790.